The number of aromatic nitrogens is 1. The fraction of sp³-hybridized carbons (Fsp3) is 0.286. The minimum Gasteiger partial charge on any atom is -0.491 e. The van der Waals surface area contributed by atoms with Crippen LogP contribution in [-0.2, 0) is 20.9 Å². The third-order valence-corrected chi connectivity index (χ3v) is 7.99. The van der Waals surface area contributed by atoms with Gasteiger partial charge in [-0.15, -0.1) is 0 Å². The molecule has 0 unspecified atom stereocenters. The van der Waals surface area contributed by atoms with E-state index in [-0.39, 0.29) is 30.5 Å². The topological polar surface area (TPSA) is 88.4 Å². The molecule has 0 fully saturated rings. The quantitative estimate of drug-likeness (QED) is 0.173. The predicted octanol–water partition coefficient (Wildman–Crippen LogP) is 5.10. The number of benzene rings is 3. The standard InChI is InChI=1S/C35H36N2O6S/c1-22(2)43-29-12-7-6-11-28(29)32-31(34(39)41-18-17-40-5)24(4)36-35-37(32)33(38)30(44-35)20-25-13-15-27(16-14-25)42-21-26-10-8-9-23(3)19-26/h6-16,19-20,22,32H,17-18,21H2,1-5H3/b30-20+/t32-/m1/s1. The van der Waals surface area contributed by atoms with Crippen molar-refractivity contribution >= 4 is 23.4 Å². The summed E-state index contributed by atoms with van der Waals surface area (Å²) in [6, 6.07) is 22.5. The highest BCUT2D eigenvalue weighted by molar-refractivity contribution is 7.07. The van der Waals surface area contributed by atoms with Crippen LogP contribution < -0.4 is 24.4 Å². The highest BCUT2D eigenvalue weighted by Gasteiger charge is 2.35. The van der Waals surface area contributed by atoms with E-state index in [1.165, 1.54) is 24.0 Å². The van der Waals surface area contributed by atoms with Crippen molar-refractivity contribution < 1.29 is 23.7 Å². The second-order valence-electron chi connectivity index (χ2n) is 10.8. The molecule has 9 heteroatoms. The Morgan fingerprint density at radius 3 is 2.52 bits per heavy atom. The number of allylic oxidation sites excluding steroid dienone is 1. The fourth-order valence-corrected chi connectivity index (χ4v) is 6.07. The van der Waals surface area contributed by atoms with Crippen LogP contribution in [0.2, 0.25) is 0 Å². The van der Waals surface area contributed by atoms with Gasteiger partial charge in [-0.2, -0.15) is 0 Å². The Hall–Kier alpha value is -4.47. The van der Waals surface area contributed by atoms with Crippen molar-refractivity contribution in [2.75, 3.05) is 20.3 Å². The van der Waals surface area contributed by atoms with Crippen LogP contribution in [0.4, 0.5) is 0 Å². The summed E-state index contributed by atoms with van der Waals surface area (Å²) in [5.74, 6) is 0.766. The van der Waals surface area contributed by atoms with Gasteiger partial charge in [0.1, 0.15) is 30.8 Å². The van der Waals surface area contributed by atoms with E-state index in [1.54, 1.807) is 11.5 Å². The van der Waals surface area contributed by atoms with E-state index in [2.05, 4.69) is 24.0 Å². The zero-order valence-corrected chi connectivity index (χ0v) is 26.4. The molecule has 1 atom stereocenters. The lowest BCUT2D eigenvalue weighted by Crippen LogP contribution is -2.40. The number of para-hydroxylation sites is 1. The molecule has 1 aromatic heterocycles. The van der Waals surface area contributed by atoms with E-state index in [4.69, 9.17) is 18.9 Å². The Balaban J connectivity index is 1.52. The van der Waals surface area contributed by atoms with Crippen molar-refractivity contribution in [1.29, 1.82) is 0 Å². The summed E-state index contributed by atoms with van der Waals surface area (Å²) < 4.78 is 24.7. The molecule has 44 heavy (non-hydrogen) atoms. The van der Waals surface area contributed by atoms with Crippen molar-refractivity contribution in [3.05, 3.63) is 126 Å². The first-order chi connectivity index (χ1) is 21.2. The molecule has 4 aromatic rings. The van der Waals surface area contributed by atoms with Crippen LogP contribution in [-0.4, -0.2) is 37.0 Å². The molecule has 5 rings (SSSR count). The van der Waals surface area contributed by atoms with Crippen LogP contribution in [0.3, 0.4) is 0 Å². The maximum Gasteiger partial charge on any atom is 0.338 e. The molecule has 0 spiro atoms. The molecule has 0 N–H and O–H groups in total. The Morgan fingerprint density at radius 1 is 1.02 bits per heavy atom. The first-order valence-corrected chi connectivity index (χ1v) is 15.3. The van der Waals surface area contributed by atoms with Gasteiger partial charge in [-0.3, -0.25) is 9.36 Å². The maximum absolute atomic E-state index is 14.0. The number of carbonyl (C=O) groups is 1. The minimum absolute atomic E-state index is 0.0814. The van der Waals surface area contributed by atoms with Gasteiger partial charge in [0, 0.05) is 12.7 Å². The number of hydrogen-bond donors (Lipinski definition) is 0. The summed E-state index contributed by atoms with van der Waals surface area (Å²) in [5, 5.41) is 0. The lowest BCUT2D eigenvalue weighted by atomic mass is 9.95. The summed E-state index contributed by atoms with van der Waals surface area (Å²) in [4.78, 5) is 32.7. The Bertz CT molecular complexity index is 1850. The normalized spacial score (nSPS) is 14.8. The average Bonchev–Trinajstić information content (AvgIpc) is 3.30. The van der Waals surface area contributed by atoms with Gasteiger partial charge < -0.3 is 18.9 Å². The average molecular weight is 613 g/mol. The number of fused-ring (bicyclic) bond motifs is 1. The molecule has 0 bridgehead atoms. The van der Waals surface area contributed by atoms with Gasteiger partial charge in [-0.05, 0) is 63.1 Å². The van der Waals surface area contributed by atoms with E-state index < -0.39 is 12.0 Å². The lowest BCUT2D eigenvalue weighted by Gasteiger charge is -2.27. The van der Waals surface area contributed by atoms with E-state index in [9.17, 15) is 9.59 Å². The largest absolute Gasteiger partial charge is 0.491 e. The van der Waals surface area contributed by atoms with Crippen molar-refractivity contribution in [1.82, 2.24) is 4.57 Å². The number of methoxy groups -OCH3 is 1. The molecule has 8 nitrogen and oxygen atoms in total. The fourth-order valence-electron chi connectivity index (χ4n) is 5.02. The van der Waals surface area contributed by atoms with Crippen LogP contribution in [0, 0.1) is 6.92 Å². The summed E-state index contributed by atoms with van der Waals surface area (Å²) >= 11 is 1.28. The van der Waals surface area contributed by atoms with Gasteiger partial charge in [0.2, 0.25) is 0 Å². The molecule has 0 saturated carbocycles. The monoisotopic (exact) mass is 612 g/mol. The van der Waals surface area contributed by atoms with Crippen LogP contribution in [0.15, 0.2) is 93.9 Å². The zero-order chi connectivity index (χ0) is 31.2. The molecule has 0 amide bonds. The number of thiazole rings is 1. The van der Waals surface area contributed by atoms with Crippen LogP contribution >= 0.6 is 11.3 Å². The third kappa shape index (κ3) is 7.01. The second kappa shape index (κ2) is 13.9. The van der Waals surface area contributed by atoms with Gasteiger partial charge in [-0.25, -0.2) is 9.79 Å². The van der Waals surface area contributed by atoms with Gasteiger partial charge in [0.05, 0.1) is 28.5 Å². The second-order valence-corrected chi connectivity index (χ2v) is 11.8. The van der Waals surface area contributed by atoms with Crippen LogP contribution in [0.5, 0.6) is 11.5 Å². The molecular formula is C35H36N2O6S. The Kier molecular flexibility index (Phi) is 9.77. The highest BCUT2D eigenvalue weighted by Crippen LogP contribution is 2.36. The third-order valence-electron chi connectivity index (χ3n) is 7.00. The van der Waals surface area contributed by atoms with E-state index in [1.807, 2.05) is 80.6 Å². The summed E-state index contributed by atoms with van der Waals surface area (Å²) in [5.41, 5.74) is 4.32. The van der Waals surface area contributed by atoms with Crippen LogP contribution in [0.1, 0.15) is 49.1 Å². The number of ether oxygens (including phenoxy) is 4. The number of esters is 1. The van der Waals surface area contributed by atoms with Crippen molar-refractivity contribution in [2.45, 2.75) is 46.4 Å². The molecule has 1 aliphatic rings. The summed E-state index contributed by atoms with van der Waals surface area (Å²) in [6.45, 7) is 8.49. The van der Waals surface area contributed by atoms with Gasteiger partial charge in [-0.1, -0.05) is 71.5 Å². The molecule has 2 heterocycles. The smallest absolute Gasteiger partial charge is 0.338 e. The molecular weight excluding hydrogens is 576 g/mol. The number of hydrogen-bond acceptors (Lipinski definition) is 8. The maximum atomic E-state index is 14.0. The van der Waals surface area contributed by atoms with Crippen molar-refractivity contribution in [3.8, 4) is 11.5 Å². The Labute approximate surface area is 260 Å². The zero-order valence-electron chi connectivity index (χ0n) is 25.5. The first-order valence-electron chi connectivity index (χ1n) is 14.5. The number of aryl methyl sites for hydroxylation is 1. The van der Waals surface area contributed by atoms with Crippen molar-refractivity contribution in [2.24, 2.45) is 4.99 Å². The lowest BCUT2D eigenvalue weighted by molar-refractivity contribution is -0.140. The Morgan fingerprint density at radius 2 is 1.80 bits per heavy atom. The number of carbonyl (C=O) groups excluding carboxylic acids is 1. The van der Waals surface area contributed by atoms with Gasteiger partial charge in [0.15, 0.2) is 4.80 Å². The molecule has 0 saturated heterocycles. The number of nitrogens with zero attached hydrogens (tertiary/aromatic N) is 2. The molecule has 1 aliphatic heterocycles. The molecule has 0 radical (unpaired) electrons. The van der Waals surface area contributed by atoms with E-state index >= 15 is 0 Å². The van der Waals surface area contributed by atoms with Crippen LogP contribution in [0.25, 0.3) is 6.08 Å². The summed E-state index contributed by atoms with van der Waals surface area (Å²) in [6.07, 6.45) is 1.72. The molecule has 228 valence electrons. The van der Waals surface area contributed by atoms with Crippen molar-refractivity contribution in [3.63, 3.8) is 0 Å². The minimum atomic E-state index is -0.782. The van der Waals surface area contributed by atoms with Gasteiger partial charge in [0.25, 0.3) is 5.56 Å². The predicted molar refractivity (Wildman–Crippen MR) is 171 cm³/mol. The first kappa shape index (κ1) is 31.0. The number of rotatable bonds is 11. The van der Waals surface area contributed by atoms with Gasteiger partial charge >= 0.3 is 5.97 Å². The SMILES string of the molecule is COCCOC(=O)C1=C(C)N=c2s/c(=C/c3ccc(OCc4cccc(C)c4)cc3)c(=O)n2[C@@H]1c1ccccc1OC(C)C. The molecule has 3 aromatic carbocycles. The van der Waals surface area contributed by atoms with E-state index in [0.717, 1.165) is 16.9 Å². The highest BCUT2D eigenvalue weighted by atomic mass is 32.1. The summed E-state index contributed by atoms with van der Waals surface area (Å²) in [7, 11) is 1.54. The van der Waals surface area contributed by atoms with E-state index in [0.29, 0.717) is 33.0 Å². The molecule has 0 aliphatic carbocycles.